The van der Waals surface area contributed by atoms with Crippen LogP contribution in [-0.4, -0.2) is 57.9 Å². The third kappa shape index (κ3) is 4.20. The van der Waals surface area contributed by atoms with Crippen molar-refractivity contribution < 1.29 is 31.3 Å². The highest BCUT2D eigenvalue weighted by Gasteiger charge is 2.29. The van der Waals surface area contributed by atoms with Crippen molar-refractivity contribution in [3.63, 3.8) is 0 Å². The van der Waals surface area contributed by atoms with E-state index in [1.807, 2.05) is 0 Å². The third-order valence-corrected chi connectivity index (χ3v) is 6.56. The summed E-state index contributed by atoms with van der Waals surface area (Å²) in [6.45, 7) is 0. The second-order valence-corrected chi connectivity index (χ2v) is 8.84. The van der Waals surface area contributed by atoms with E-state index in [1.54, 1.807) is 15.9 Å². The highest BCUT2D eigenvalue weighted by molar-refractivity contribution is 7.98. The number of nitrogens with zero attached hydrogens (tertiary/aromatic N) is 3. The van der Waals surface area contributed by atoms with Crippen LogP contribution in [0.1, 0.15) is 0 Å². The van der Waals surface area contributed by atoms with E-state index >= 15 is 0 Å². The number of sulfonamides is 2. The monoisotopic (exact) mass is 453 g/mol. The Bertz CT molecular complexity index is 1150. The molecule has 1 heterocycles. The molecule has 1 amide bonds. The Labute approximate surface area is 163 Å². The Hall–Kier alpha value is -2.40. The molecule has 0 bridgehead atoms. The molecule has 16 heteroatoms. The van der Waals surface area contributed by atoms with Gasteiger partial charge in [0, 0.05) is 0 Å². The van der Waals surface area contributed by atoms with Crippen LogP contribution in [0.3, 0.4) is 0 Å². The number of amides is 1. The van der Waals surface area contributed by atoms with Gasteiger partial charge in [-0.3, -0.25) is 4.84 Å². The number of benzene rings is 1. The fourth-order valence-electron chi connectivity index (χ4n) is 2.01. The molecule has 1 aromatic heterocycles. The van der Waals surface area contributed by atoms with Crippen LogP contribution in [0.5, 0.6) is 0 Å². The molecule has 13 nitrogen and oxygen atoms in total. The van der Waals surface area contributed by atoms with Gasteiger partial charge in [-0.1, -0.05) is 28.8 Å². The van der Waals surface area contributed by atoms with Crippen molar-refractivity contribution in [3.05, 3.63) is 34.7 Å². The van der Waals surface area contributed by atoms with Gasteiger partial charge in [-0.25, -0.2) is 31.1 Å². The van der Waals surface area contributed by atoms with Crippen LogP contribution in [-0.2, 0) is 24.9 Å². The predicted octanol–water partition coefficient (Wildman–Crippen LogP) is -1.39. The predicted molar refractivity (Wildman–Crippen MR) is 95.7 cm³/mol. The molecule has 0 saturated carbocycles. The second-order valence-electron chi connectivity index (χ2n) is 4.81. The van der Waals surface area contributed by atoms with E-state index in [0.29, 0.717) is 4.73 Å². The summed E-state index contributed by atoms with van der Waals surface area (Å²) >= 11 is 0.973. The number of nitrogens with one attached hydrogen (secondary N) is 2. The van der Waals surface area contributed by atoms with Gasteiger partial charge in [0.1, 0.15) is 16.9 Å². The van der Waals surface area contributed by atoms with Crippen molar-refractivity contribution in [2.45, 2.75) is 14.9 Å². The average Bonchev–Trinajstić information content (AvgIpc) is 2.97. The summed E-state index contributed by atoms with van der Waals surface area (Å²) in [6.07, 6.45) is 1.56. The average molecular weight is 453 g/mol. The summed E-state index contributed by atoms with van der Waals surface area (Å²) in [6, 6.07) is 3.06. The number of rotatable bonds is 7. The van der Waals surface area contributed by atoms with E-state index in [2.05, 4.69) is 9.94 Å². The molecule has 2 aromatic rings. The lowest BCUT2D eigenvalue weighted by Gasteiger charge is -2.11. The number of carbonyl (C=O) groups excluding carboxylic acids is 1. The molecule has 154 valence electrons. The van der Waals surface area contributed by atoms with Crippen LogP contribution >= 0.6 is 11.8 Å². The SMILES string of the molecule is CONS(=O)(=O)c1ccccc1S(=O)(=O)NC(=O)n1nc(SC)n(OC)c1=O. The first-order valence-electron chi connectivity index (χ1n) is 7.10. The maximum absolute atomic E-state index is 12.6. The van der Waals surface area contributed by atoms with Crippen LogP contribution in [0.2, 0.25) is 0 Å². The minimum Gasteiger partial charge on any atom is -0.410 e. The topological polar surface area (TPSA) is 168 Å². The van der Waals surface area contributed by atoms with Crippen molar-refractivity contribution in [1.82, 2.24) is 24.1 Å². The van der Waals surface area contributed by atoms with Gasteiger partial charge in [0.2, 0.25) is 5.16 Å². The molecule has 0 atom stereocenters. The quantitative estimate of drug-likeness (QED) is 0.376. The standard InChI is InChI=1S/C12H15N5O8S3/c1-24-15-28(22,23)9-7-5-4-6-8(9)27(20,21)14-10(18)16-12(19)17(25-2)11(13-16)26-3/h4-7,15H,1-3H3,(H,14,18). The minimum absolute atomic E-state index is 0.00711. The van der Waals surface area contributed by atoms with Crippen LogP contribution in [0, 0.1) is 0 Å². The molecule has 2 rings (SSSR count). The first-order valence-corrected chi connectivity index (χ1v) is 11.3. The molecular weight excluding hydrogens is 438 g/mol. The van der Waals surface area contributed by atoms with E-state index in [1.165, 1.54) is 12.1 Å². The highest BCUT2D eigenvalue weighted by atomic mass is 32.2. The van der Waals surface area contributed by atoms with Crippen molar-refractivity contribution in [2.24, 2.45) is 0 Å². The van der Waals surface area contributed by atoms with Crippen molar-refractivity contribution in [2.75, 3.05) is 20.5 Å². The number of thioether (sulfide) groups is 1. The van der Waals surface area contributed by atoms with E-state index in [4.69, 9.17) is 4.84 Å². The molecule has 0 aliphatic carbocycles. The van der Waals surface area contributed by atoms with Gasteiger partial charge in [0.15, 0.2) is 0 Å². The summed E-state index contributed by atoms with van der Waals surface area (Å²) in [5.41, 5.74) is -1.05. The van der Waals surface area contributed by atoms with E-state index in [-0.39, 0.29) is 9.84 Å². The molecule has 0 unspecified atom stereocenters. The number of aromatic nitrogens is 3. The third-order valence-electron chi connectivity index (χ3n) is 3.11. The van der Waals surface area contributed by atoms with E-state index in [0.717, 1.165) is 38.1 Å². The zero-order valence-electron chi connectivity index (χ0n) is 14.6. The number of hydrogen-bond acceptors (Lipinski definition) is 10. The summed E-state index contributed by atoms with van der Waals surface area (Å²) < 4.78 is 51.9. The lowest BCUT2D eigenvalue weighted by molar-refractivity contribution is 0.134. The van der Waals surface area contributed by atoms with Crippen molar-refractivity contribution in [3.8, 4) is 0 Å². The van der Waals surface area contributed by atoms with Gasteiger partial charge >= 0.3 is 11.7 Å². The van der Waals surface area contributed by atoms with Gasteiger partial charge < -0.3 is 4.84 Å². The molecule has 0 radical (unpaired) electrons. The molecule has 0 aliphatic rings. The van der Waals surface area contributed by atoms with Crippen LogP contribution in [0.25, 0.3) is 0 Å². The lowest BCUT2D eigenvalue weighted by atomic mass is 10.4. The lowest BCUT2D eigenvalue weighted by Crippen LogP contribution is -2.41. The summed E-state index contributed by atoms with van der Waals surface area (Å²) in [5.74, 6) is 0. The Morgan fingerprint density at radius 1 is 1.11 bits per heavy atom. The van der Waals surface area contributed by atoms with Crippen molar-refractivity contribution in [1.29, 1.82) is 0 Å². The molecular formula is C12H15N5O8S3. The number of carbonyl (C=O) groups is 1. The molecule has 0 fully saturated rings. The Kier molecular flexibility index (Phi) is 6.50. The van der Waals surface area contributed by atoms with Crippen LogP contribution < -0.4 is 20.1 Å². The Morgan fingerprint density at radius 2 is 1.68 bits per heavy atom. The van der Waals surface area contributed by atoms with Crippen LogP contribution in [0.15, 0.2) is 44.0 Å². The molecule has 28 heavy (non-hydrogen) atoms. The summed E-state index contributed by atoms with van der Waals surface area (Å²) in [7, 11) is -6.88. The maximum Gasteiger partial charge on any atom is 0.388 e. The van der Waals surface area contributed by atoms with E-state index < -0.39 is 41.6 Å². The van der Waals surface area contributed by atoms with E-state index in [9.17, 15) is 26.4 Å². The molecule has 0 saturated heterocycles. The fourth-order valence-corrected chi connectivity index (χ4v) is 5.07. The maximum atomic E-state index is 12.6. The zero-order chi connectivity index (χ0) is 21.1. The molecule has 0 spiro atoms. The van der Waals surface area contributed by atoms with Crippen molar-refractivity contribution >= 4 is 37.8 Å². The molecule has 2 N–H and O–H groups in total. The minimum atomic E-state index is -4.70. The molecule has 1 aromatic carbocycles. The van der Waals surface area contributed by atoms with Gasteiger partial charge in [0.05, 0.1) is 7.11 Å². The van der Waals surface area contributed by atoms with Gasteiger partial charge in [-0.05, 0) is 18.4 Å². The Morgan fingerprint density at radius 3 is 2.14 bits per heavy atom. The smallest absolute Gasteiger partial charge is 0.388 e. The Balaban J connectivity index is 2.48. The highest BCUT2D eigenvalue weighted by Crippen LogP contribution is 2.20. The first-order chi connectivity index (χ1) is 13.1. The van der Waals surface area contributed by atoms with Gasteiger partial charge in [0.25, 0.3) is 20.0 Å². The second kappa shape index (κ2) is 8.31. The van der Waals surface area contributed by atoms with Crippen LogP contribution in [0.4, 0.5) is 4.79 Å². The zero-order valence-corrected chi connectivity index (χ0v) is 17.1. The van der Waals surface area contributed by atoms with Gasteiger partial charge in [-0.2, -0.15) is 0 Å². The summed E-state index contributed by atoms with van der Waals surface area (Å²) in [4.78, 5) is 33.8. The number of hydrogen-bond donors (Lipinski definition) is 2. The fraction of sp³-hybridized carbons (Fsp3) is 0.250. The molecule has 0 aliphatic heterocycles. The first kappa shape index (κ1) is 21.9. The summed E-state index contributed by atoms with van der Waals surface area (Å²) in [5, 5.41) is 3.65. The largest absolute Gasteiger partial charge is 0.410 e. The van der Waals surface area contributed by atoms with Gasteiger partial charge in [-0.15, -0.1) is 14.5 Å². The normalized spacial score (nSPS) is 12.0.